The van der Waals surface area contributed by atoms with Crippen LogP contribution in [0.1, 0.15) is 17.1 Å². The van der Waals surface area contributed by atoms with E-state index in [4.69, 9.17) is 11.6 Å². The van der Waals surface area contributed by atoms with Gasteiger partial charge in [-0.15, -0.1) is 0 Å². The smallest absolute Gasteiger partial charge is 0.144 e. The van der Waals surface area contributed by atoms with Crippen LogP contribution in [-0.2, 0) is 13.1 Å². The number of aromatic nitrogens is 2. The molecule has 0 aliphatic carbocycles. The summed E-state index contributed by atoms with van der Waals surface area (Å²) in [6.45, 7) is 3.52. The zero-order valence-electron chi connectivity index (χ0n) is 12.0. The number of hydrogen-bond donors (Lipinski definition) is 1. The van der Waals surface area contributed by atoms with Crippen molar-refractivity contribution in [2.75, 3.05) is 19.4 Å². The minimum Gasteiger partial charge on any atom is -0.373 e. The van der Waals surface area contributed by atoms with E-state index < -0.39 is 0 Å². The van der Waals surface area contributed by atoms with Crippen LogP contribution < -0.4 is 5.32 Å². The molecule has 1 aromatic heterocycles. The second kappa shape index (κ2) is 6.68. The van der Waals surface area contributed by atoms with Crippen LogP contribution in [0.25, 0.3) is 0 Å². The predicted molar refractivity (Wildman–Crippen MR) is 82.9 cm³/mol. The number of rotatable bonds is 5. The summed E-state index contributed by atoms with van der Waals surface area (Å²) in [6.07, 6.45) is 0. The molecule has 0 saturated heterocycles. The summed E-state index contributed by atoms with van der Waals surface area (Å²) in [4.78, 5) is 11.1. The summed E-state index contributed by atoms with van der Waals surface area (Å²) in [5, 5.41) is 3.81. The van der Waals surface area contributed by atoms with Gasteiger partial charge in [0.2, 0.25) is 0 Å². The van der Waals surface area contributed by atoms with Gasteiger partial charge >= 0.3 is 0 Å². The van der Waals surface area contributed by atoms with Crippen LogP contribution in [0.2, 0.25) is 5.02 Å². The van der Waals surface area contributed by atoms with Crippen molar-refractivity contribution >= 4 is 17.4 Å². The standard InChI is InChI=1S/C15H19ClN4/c1-11-8-14(17-2)19-15(18-11)10-20(3)9-12-4-6-13(16)7-5-12/h4-8H,9-10H2,1-3H3,(H,17,18,19). The molecule has 1 heterocycles. The van der Waals surface area contributed by atoms with Crippen molar-refractivity contribution in [3.63, 3.8) is 0 Å². The summed E-state index contributed by atoms with van der Waals surface area (Å²) in [6, 6.07) is 9.83. The molecule has 0 unspecified atom stereocenters. The Balaban J connectivity index is 2.02. The van der Waals surface area contributed by atoms with E-state index in [1.807, 2.05) is 44.3 Å². The molecule has 0 saturated carbocycles. The van der Waals surface area contributed by atoms with Gasteiger partial charge in [0.25, 0.3) is 0 Å². The highest BCUT2D eigenvalue weighted by Gasteiger charge is 2.06. The summed E-state index contributed by atoms with van der Waals surface area (Å²) in [5.74, 6) is 1.68. The van der Waals surface area contributed by atoms with Gasteiger partial charge in [0.15, 0.2) is 0 Å². The second-order valence-electron chi connectivity index (χ2n) is 4.86. The van der Waals surface area contributed by atoms with Crippen LogP contribution in [0.4, 0.5) is 5.82 Å². The van der Waals surface area contributed by atoms with Crippen LogP contribution in [0.15, 0.2) is 30.3 Å². The van der Waals surface area contributed by atoms with Gasteiger partial charge in [0, 0.05) is 30.4 Å². The molecule has 0 fully saturated rings. The van der Waals surface area contributed by atoms with Crippen molar-refractivity contribution < 1.29 is 0 Å². The Bertz CT molecular complexity index is 569. The molecule has 0 radical (unpaired) electrons. The van der Waals surface area contributed by atoms with Crippen LogP contribution in [0.5, 0.6) is 0 Å². The molecule has 2 aromatic rings. The van der Waals surface area contributed by atoms with Gasteiger partial charge in [-0.25, -0.2) is 9.97 Å². The molecule has 0 amide bonds. The lowest BCUT2D eigenvalue weighted by Gasteiger charge is -2.16. The highest BCUT2D eigenvalue weighted by Crippen LogP contribution is 2.12. The Labute approximate surface area is 124 Å². The molecule has 0 bridgehead atoms. The molecule has 0 atom stereocenters. The van der Waals surface area contributed by atoms with E-state index in [2.05, 4.69) is 27.2 Å². The minimum atomic E-state index is 0.707. The zero-order chi connectivity index (χ0) is 14.5. The summed E-state index contributed by atoms with van der Waals surface area (Å²) < 4.78 is 0. The quantitative estimate of drug-likeness (QED) is 0.919. The van der Waals surface area contributed by atoms with Crippen molar-refractivity contribution in [3.05, 3.63) is 52.4 Å². The first-order chi connectivity index (χ1) is 9.56. The Morgan fingerprint density at radius 1 is 1.15 bits per heavy atom. The third-order valence-electron chi connectivity index (χ3n) is 2.93. The van der Waals surface area contributed by atoms with Gasteiger partial charge in [0.1, 0.15) is 11.6 Å². The monoisotopic (exact) mass is 290 g/mol. The summed E-state index contributed by atoms with van der Waals surface area (Å²) >= 11 is 5.89. The lowest BCUT2D eigenvalue weighted by Crippen LogP contribution is -2.19. The Kier molecular flexibility index (Phi) is 4.93. The van der Waals surface area contributed by atoms with E-state index in [1.54, 1.807) is 0 Å². The number of nitrogens with zero attached hydrogens (tertiary/aromatic N) is 3. The number of halogens is 1. The first kappa shape index (κ1) is 14.8. The topological polar surface area (TPSA) is 41.1 Å². The van der Waals surface area contributed by atoms with E-state index in [0.717, 1.165) is 28.9 Å². The Morgan fingerprint density at radius 2 is 1.85 bits per heavy atom. The van der Waals surface area contributed by atoms with Crippen LogP contribution in [0.3, 0.4) is 0 Å². The van der Waals surface area contributed by atoms with Crippen molar-refractivity contribution in [2.24, 2.45) is 0 Å². The summed E-state index contributed by atoms with van der Waals surface area (Å²) in [7, 11) is 3.92. The summed E-state index contributed by atoms with van der Waals surface area (Å²) in [5.41, 5.74) is 2.19. The zero-order valence-corrected chi connectivity index (χ0v) is 12.8. The fraction of sp³-hybridized carbons (Fsp3) is 0.333. The number of aryl methyl sites for hydroxylation is 1. The first-order valence-corrected chi connectivity index (χ1v) is 6.90. The molecule has 1 aromatic carbocycles. The van der Waals surface area contributed by atoms with Gasteiger partial charge in [-0.3, -0.25) is 4.90 Å². The van der Waals surface area contributed by atoms with E-state index >= 15 is 0 Å². The molecule has 0 aliphatic rings. The molecule has 0 spiro atoms. The average Bonchev–Trinajstić information content (AvgIpc) is 2.40. The third kappa shape index (κ3) is 4.18. The van der Waals surface area contributed by atoms with Gasteiger partial charge in [-0.05, 0) is 31.7 Å². The molecule has 1 N–H and O–H groups in total. The van der Waals surface area contributed by atoms with Gasteiger partial charge < -0.3 is 5.32 Å². The average molecular weight is 291 g/mol. The van der Waals surface area contributed by atoms with Crippen LogP contribution >= 0.6 is 11.6 Å². The molecule has 2 rings (SSSR count). The third-order valence-corrected chi connectivity index (χ3v) is 3.19. The van der Waals surface area contributed by atoms with Crippen molar-refractivity contribution in [1.82, 2.24) is 14.9 Å². The first-order valence-electron chi connectivity index (χ1n) is 6.52. The predicted octanol–water partition coefficient (Wildman–Crippen LogP) is 3.11. The number of benzene rings is 1. The molecule has 5 heteroatoms. The van der Waals surface area contributed by atoms with Crippen molar-refractivity contribution in [1.29, 1.82) is 0 Å². The maximum Gasteiger partial charge on any atom is 0.144 e. The number of hydrogen-bond acceptors (Lipinski definition) is 4. The van der Waals surface area contributed by atoms with Crippen LogP contribution in [-0.4, -0.2) is 29.0 Å². The Morgan fingerprint density at radius 3 is 2.50 bits per heavy atom. The number of anilines is 1. The lowest BCUT2D eigenvalue weighted by molar-refractivity contribution is 0.310. The maximum absolute atomic E-state index is 5.89. The molecule has 20 heavy (non-hydrogen) atoms. The van der Waals surface area contributed by atoms with Crippen LogP contribution in [0, 0.1) is 6.92 Å². The fourth-order valence-electron chi connectivity index (χ4n) is 2.03. The van der Waals surface area contributed by atoms with Crippen molar-refractivity contribution in [2.45, 2.75) is 20.0 Å². The largest absolute Gasteiger partial charge is 0.373 e. The van der Waals surface area contributed by atoms with Crippen molar-refractivity contribution in [3.8, 4) is 0 Å². The lowest BCUT2D eigenvalue weighted by atomic mass is 10.2. The molecule has 4 nitrogen and oxygen atoms in total. The van der Waals surface area contributed by atoms with Gasteiger partial charge in [-0.2, -0.15) is 0 Å². The second-order valence-corrected chi connectivity index (χ2v) is 5.30. The van der Waals surface area contributed by atoms with Gasteiger partial charge in [-0.1, -0.05) is 23.7 Å². The molecular weight excluding hydrogens is 272 g/mol. The fourth-order valence-corrected chi connectivity index (χ4v) is 2.15. The Hall–Kier alpha value is -1.65. The SMILES string of the molecule is CNc1cc(C)nc(CN(C)Cc2ccc(Cl)cc2)n1. The highest BCUT2D eigenvalue weighted by atomic mass is 35.5. The normalized spacial score (nSPS) is 10.8. The van der Waals surface area contributed by atoms with E-state index in [-0.39, 0.29) is 0 Å². The van der Waals surface area contributed by atoms with E-state index in [1.165, 1.54) is 5.56 Å². The molecule has 0 aliphatic heterocycles. The maximum atomic E-state index is 5.89. The van der Waals surface area contributed by atoms with E-state index in [9.17, 15) is 0 Å². The number of nitrogens with one attached hydrogen (secondary N) is 1. The molecular formula is C15H19ClN4. The molecule has 106 valence electrons. The van der Waals surface area contributed by atoms with E-state index in [0.29, 0.717) is 6.54 Å². The van der Waals surface area contributed by atoms with Gasteiger partial charge in [0.05, 0.1) is 6.54 Å². The minimum absolute atomic E-state index is 0.707. The highest BCUT2D eigenvalue weighted by molar-refractivity contribution is 6.30.